The molecule has 0 aliphatic heterocycles. The molecule has 17 heavy (non-hydrogen) atoms. The van der Waals surface area contributed by atoms with Crippen molar-refractivity contribution in [3.8, 4) is 9.88 Å². The van der Waals surface area contributed by atoms with E-state index in [0.29, 0.717) is 5.92 Å². The van der Waals surface area contributed by atoms with Crippen molar-refractivity contribution in [1.29, 1.82) is 0 Å². The van der Waals surface area contributed by atoms with Gasteiger partial charge in [-0.3, -0.25) is 0 Å². The highest BCUT2D eigenvalue weighted by molar-refractivity contribution is 7.21. The van der Waals surface area contributed by atoms with E-state index in [1.807, 2.05) is 11.3 Å². The summed E-state index contributed by atoms with van der Waals surface area (Å²) in [5.74, 6) is 0.607. The zero-order valence-electron chi connectivity index (χ0n) is 11.1. The summed E-state index contributed by atoms with van der Waals surface area (Å²) in [4.78, 5) is 7.49. The minimum Gasteiger partial charge on any atom is -0.240 e. The second-order valence-electron chi connectivity index (χ2n) is 5.64. The van der Waals surface area contributed by atoms with Crippen molar-refractivity contribution in [2.24, 2.45) is 0 Å². The maximum absolute atomic E-state index is 4.75. The number of aromatic nitrogens is 1. The fourth-order valence-corrected chi connectivity index (χ4v) is 3.64. The number of hydrogen-bond donors (Lipinski definition) is 0. The minimum absolute atomic E-state index is 0.146. The molecule has 0 fully saturated rings. The van der Waals surface area contributed by atoms with E-state index < -0.39 is 0 Å². The highest BCUT2D eigenvalue weighted by atomic mass is 32.1. The van der Waals surface area contributed by atoms with E-state index in [9.17, 15) is 0 Å². The SMILES string of the molecule is CC(C)c1ccc(-c2nc(C(C)(C)C)cs2)s1. The van der Waals surface area contributed by atoms with E-state index in [1.54, 1.807) is 11.3 Å². The molecule has 0 aliphatic rings. The first-order valence-corrected chi connectivity index (χ1v) is 7.63. The quantitative estimate of drug-likeness (QED) is 0.718. The van der Waals surface area contributed by atoms with Crippen molar-refractivity contribution in [1.82, 2.24) is 4.98 Å². The van der Waals surface area contributed by atoms with E-state index in [1.165, 1.54) is 15.4 Å². The second-order valence-corrected chi connectivity index (χ2v) is 7.62. The van der Waals surface area contributed by atoms with Crippen LogP contribution in [0, 0.1) is 0 Å². The Balaban J connectivity index is 2.31. The van der Waals surface area contributed by atoms with Crippen LogP contribution in [-0.2, 0) is 5.41 Å². The predicted molar refractivity (Wildman–Crippen MR) is 78.2 cm³/mol. The molecule has 0 radical (unpaired) electrons. The maximum Gasteiger partial charge on any atom is 0.133 e. The Hall–Kier alpha value is -0.670. The molecular weight excluding hydrogens is 246 g/mol. The third kappa shape index (κ3) is 2.78. The Morgan fingerprint density at radius 3 is 2.35 bits per heavy atom. The first-order valence-electron chi connectivity index (χ1n) is 5.94. The summed E-state index contributed by atoms with van der Waals surface area (Å²) < 4.78 is 0. The van der Waals surface area contributed by atoms with Gasteiger partial charge < -0.3 is 0 Å². The van der Waals surface area contributed by atoms with E-state index in [0.717, 1.165) is 5.01 Å². The van der Waals surface area contributed by atoms with Crippen LogP contribution < -0.4 is 0 Å². The Bertz CT molecular complexity index is 500. The van der Waals surface area contributed by atoms with E-state index >= 15 is 0 Å². The van der Waals surface area contributed by atoms with Crippen molar-refractivity contribution in [3.05, 3.63) is 28.1 Å². The number of thiophene rings is 1. The average molecular weight is 265 g/mol. The predicted octanol–water partition coefficient (Wildman–Crippen LogP) is 5.29. The standard InChI is InChI=1S/C14H19NS2/c1-9(2)10-6-7-11(17-10)13-15-12(8-16-13)14(3,4)5/h6-9H,1-5H3. The zero-order chi connectivity index (χ0) is 12.6. The van der Waals surface area contributed by atoms with E-state index in [-0.39, 0.29) is 5.41 Å². The molecule has 1 nitrogen and oxygen atoms in total. The molecule has 2 rings (SSSR count). The molecule has 0 aromatic carbocycles. The molecule has 0 saturated heterocycles. The van der Waals surface area contributed by atoms with Gasteiger partial charge >= 0.3 is 0 Å². The van der Waals surface area contributed by atoms with E-state index in [2.05, 4.69) is 52.1 Å². The minimum atomic E-state index is 0.146. The molecule has 0 bridgehead atoms. The van der Waals surface area contributed by atoms with Crippen molar-refractivity contribution >= 4 is 22.7 Å². The molecule has 92 valence electrons. The van der Waals surface area contributed by atoms with Crippen molar-refractivity contribution in [2.45, 2.75) is 46.0 Å². The van der Waals surface area contributed by atoms with Crippen LogP contribution in [0.25, 0.3) is 9.88 Å². The van der Waals surface area contributed by atoms with Gasteiger partial charge in [0.1, 0.15) is 5.01 Å². The molecule has 0 N–H and O–H groups in total. The fraction of sp³-hybridized carbons (Fsp3) is 0.500. The number of nitrogens with zero attached hydrogens (tertiary/aromatic N) is 1. The summed E-state index contributed by atoms with van der Waals surface area (Å²) in [5, 5.41) is 3.34. The molecule has 0 spiro atoms. The van der Waals surface area contributed by atoms with Gasteiger partial charge in [0.05, 0.1) is 10.6 Å². The Morgan fingerprint density at radius 1 is 1.18 bits per heavy atom. The average Bonchev–Trinajstić information content (AvgIpc) is 2.85. The van der Waals surface area contributed by atoms with Crippen LogP contribution in [-0.4, -0.2) is 4.98 Å². The summed E-state index contributed by atoms with van der Waals surface area (Å²) in [6.07, 6.45) is 0. The van der Waals surface area contributed by atoms with Gasteiger partial charge in [-0.25, -0.2) is 4.98 Å². The first kappa shape index (κ1) is 12.8. The van der Waals surface area contributed by atoms with Crippen molar-refractivity contribution in [2.75, 3.05) is 0 Å². The zero-order valence-corrected chi connectivity index (χ0v) is 12.7. The number of thiazole rings is 1. The third-order valence-electron chi connectivity index (χ3n) is 2.68. The molecule has 2 aromatic heterocycles. The molecular formula is C14H19NS2. The van der Waals surface area contributed by atoms with Crippen LogP contribution in [0.3, 0.4) is 0 Å². The van der Waals surface area contributed by atoms with Crippen LogP contribution >= 0.6 is 22.7 Å². The lowest BCUT2D eigenvalue weighted by atomic mass is 9.93. The lowest BCUT2D eigenvalue weighted by Crippen LogP contribution is -2.11. The molecule has 2 heterocycles. The Labute approximate surface area is 112 Å². The summed E-state index contributed by atoms with van der Waals surface area (Å²) in [5.41, 5.74) is 1.34. The van der Waals surface area contributed by atoms with Gasteiger partial charge in [0.2, 0.25) is 0 Å². The number of rotatable bonds is 2. The third-order valence-corrected chi connectivity index (χ3v) is 5.08. The number of hydrogen-bond acceptors (Lipinski definition) is 3. The van der Waals surface area contributed by atoms with Crippen LogP contribution in [0.15, 0.2) is 17.5 Å². The van der Waals surface area contributed by atoms with Gasteiger partial charge in [0.15, 0.2) is 0 Å². The highest BCUT2D eigenvalue weighted by Gasteiger charge is 2.18. The smallest absolute Gasteiger partial charge is 0.133 e. The summed E-state index contributed by atoms with van der Waals surface area (Å²) >= 11 is 3.62. The normalized spacial score (nSPS) is 12.4. The molecule has 0 saturated carbocycles. The van der Waals surface area contributed by atoms with Gasteiger partial charge in [-0.15, -0.1) is 22.7 Å². The topological polar surface area (TPSA) is 12.9 Å². The Morgan fingerprint density at radius 2 is 1.88 bits per heavy atom. The first-order chi connectivity index (χ1) is 7.88. The van der Waals surface area contributed by atoms with Gasteiger partial charge in [-0.05, 0) is 18.1 Å². The van der Waals surface area contributed by atoms with Crippen LogP contribution in [0.5, 0.6) is 0 Å². The van der Waals surface area contributed by atoms with Crippen LogP contribution in [0.2, 0.25) is 0 Å². The molecule has 0 amide bonds. The maximum atomic E-state index is 4.75. The lowest BCUT2D eigenvalue weighted by Gasteiger charge is -2.14. The van der Waals surface area contributed by atoms with E-state index in [4.69, 9.17) is 4.98 Å². The summed E-state index contributed by atoms with van der Waals surface area (Å²) in [7, 11) is 0. The molecule has 3 heteroatoms. The van der Waals surface area contributed by atoms with Gasteiger partial charge in [-0.2, -0.15) is 0 Å². The van der Waals surface area contributed by atoms with Gasteiger partial charge in [0.25, 0.3) is 0 Å². The molecule has 0 aliphatic carbocycles. The van der Waals surface area contributed by atoms with Crippen LogP contribution in [0.1, 0.15) is 51.1 Å². The highest BCUT2D eigenvalue weighted by Crippen LogP contribution is 2.35. The largest absolute Gasteiger partial charge is 0.240 e. The van der Waals surface area contributed by atoms with Crippen molar-refractivity contribution < 1.29 is 0 Å². The molecule has 0 atom stereocenters. The molecule has 0 unspecified atom stereocenters. The molecule has 2 aromatic rings. The van der Waals surface area contributed by atoms with Crippen LogP contribution in [0.4, 0.5) is 0 Å². The lowest BCUT2D eigenvalue weighted by molar-refractivity contribution is 0.573. The monoisotopic (exact) mass is 265 g/mol. The second kappa shape index (κ2) is 4.54. The summed E-state index contributed by atoms with van der Waals surface area (Å²) in [6.45, 7) is 11.1. The summed E-state index contributed by atoms with van der Waals surface area (Å²) in [6, 6.07) is 4.42. The van der Waals surface area contributed by atoms with Gasteiger partial charge in [-0.1, -0.05) is 34.6 Å². The fourth-order valence-electron chi connectivity index (χ4n) is 1.51. The van der Waals surface area contributed by atoms with Crippen molar-refractivity contribution in [3.63, 3.8) is 0 Å². The van der Waals surface area contributed by atoms with Gasteiger partial charge in [0, 0.05) is 15.7 Å². The Kier molecular flexibility index (Phi) is 3.41.